The van der Waals surface area contributed by atoms with Gasteiger partial charge in [0.1, 0.15) is 17.3 Å². The Morgan fingerprint density at radius 3 is 2.34 bits per heavy atom. The highest BCUT2D eigenvalue weighted by Crippen LogP contribution is 2.22. The van der Waals surface area contributed by atoms with Gasteiger partial charge in [-0.3, -0.25) is 4.79 Å². The van der Waals surface area contributed by atoms with Crippen LogP contribution in [0.2, 0.25) is 0 Å². The summed E-state index contributed by atoms with van der Waals surface area (Å²) in [6.45, 7) is 1.50. The Balaban J connectivity index is 1.49. The molecule has 1 aromatic heterocycles. The second-order valence-electron chi connectivity index (χ2n) is 5.98. The Hall–Kier alpha value is -3.32. The smallest absolute Gasteiger partial charge is 0.331 e. The fraction of sp³-hybridized carbons (Fsp3) is 0.0909. The van der Waals surface area contributed by atoms with Crippen molar-refractivity contribution in [1.29, 1.82) is 0 Å². The number of furan rings is 1. The van der Waals surface area contributed by atoms with E-state index in [4.69, 9.17) is 13.9 Å². The van der Waals surface area contributed by atoms with E-state index in [1.54, 1.807) is 36.4 Å². The number of esters is 1. The Morgan fingerprint density at radius 2 is 1.69 bits per heavy atom. The van der Waals surface area contributed by atoms with Gasteiger partial charge in [0.2, 0.25) is 0 Å². The molecule has 2 aromatic carbocycles. The Bertz CT molecular complexity index is 996. The molecule has 29 heavy (non-hydrogen) atoms. The first kappa shape index (κ1) is 20.4. The molecule has 0 aliphatic carbocycles. The van der Waals surface area contributed by atoms with Crippen LogP contribution in [0.3, 0.4) is 0 Å². The van der Waals surface area contributed by atoms with E-state index in [1.807, 2.05) is 30.3 Å². The second kappa shape index (κ2) is 9.75. The zero-order valence-electron chi connectivity index (χ0n) is 15.5. The van der Waals surface area contributed by atoms with Crippen molar-refractivity contribution >= 4 is 39.6 Å². The van der Waals surface area contributed by atoms with Gasteiger partial charge < -0.3 is 19.2 Å². The SMILES string of the molecule is CC(OC(=O)C=Cc1ccc(Br)o1)C(=O)Nc1ccc(Oc2ccccc2)cc1. The third-order valence-corrected chi connectivity index (χ3v) is 4.17. The lowest BCUT2D eigenvalue weighted by atomic mass is 10.2. The van der Waals surface area contributed by atoms with Crippen molar-refractivity contribution in [1.82, 2.24) is 0 Å². The highest BCUT2D eigenvalue weighted by Gasteiger charge is 2.16. The predicted molar refractivity (Wildman–Crippen MR) is 113 cm³/mol. The highest BCUT2D eigenvalue weighted by molar-refractivity contribution is 9.10. The van der Waals surface area contributed by atoms with Crippen molar-refractivity contribution in [3.63, 3.8) is 0 Å². The summed E-state index contributed by atoms with van der Waals surface area (Å²) in [5, 5.41) is 2.69. The zero-order valence-corrected chi connectivity index (χ0v) is 17.1. The predicted octanol–water partition coefficient (Wildman–Crippen LogP) is 5.42. The quantitative estimate of drug-likeness (QED) is 0.380. The molecular formula is C22H18BrNO5. The van der Waals surface area contributed by atoms with Crippen LogP contribution < -0.4 is 10.1 Å². The van der Waals surface area contributed by atoms with Gasteiger partial charge in [-0.15, -0.1) is 0 Å². The summed E-state index contributed by atoms with van der Waals surface area (Å²) in [7, 11) is 0. The number of halogens is 1. The van der Waals surface area contributed by atoms with Crippen LogP contribution in [-0.2, 0) is 14.3 Å². The average Bonchev–Trinajstić information content (AvgIpc) is 3.14. The summed E-state index contributed by atoms with van der Waals surface area (Å²) in [5.74, 6) is 0.767. The van der Waals surface area contributed by atoms with E-state index in [0.29, 0.717) is 21.9 Å². The molecule has 1 atom stereocenters. The van der Waals surface area contributed by atoms with Crippen molar-refractivity contribution < 1.29 is 23.5 Å². The number of nitrogens with one attached hydrogen (secondary N) is 1. The average molecular weight is 456 g/mol. The molecule has 0 aliphatic rings. The summed E-state index contributed by atoms with van der Waals surface area (Å²) in [6, 6.07) is 19.7. The lowest BCUT2D eigenvalue weighted by molar-refractivity contribution is -0.148. The van der Waals surface area contributed by atoms with E-state index in [-0.39, 0.29) is 0 Å². The Kier molecular flexibility index (Phi) is 6.86. The molecule has 3 aromatic rings. The minimum absolute atomic E-state index is 0.441. The van der Waals surface area contributed by atoms with Gasteiger partial charge in [0.15, 0.2) is 10.8 Å². The number of anilines is 1. The number of rotatable bonds is 7. The van der Waals surface area contributed by atoms with E-state index in [1.165, 1.54) is 19.1 Å². The molecule has 0 spiro atoms. The number of hydrogen-bond acceptors (Lipinski definition) is 5. The summed E-state index contributed by atoms with van der Waals surface area (Å²) >= 11 is 3.17. The first-order valence-corrected chi connectivity index (χ1v) is 9.57. The zero-order chi connectivity index (χ0) is 20.6. The van der Waals surface area contributed by atoms with Crippen molar-refractivity contribution in [2.24, 2.45) is 0 Å². The molecule has 1 unspecified atom stereocenters. The van der Waals surface area contributed by atoms with Gasteiger partial charge in [0.05, 0.1) is 0 Å². The lowest BCUT2D eigenvalue weighted by Gasteiger charge is -2.13. The van der Waals surface area contributed by atoms with Crippen LogP contribution in [0.5, 0.6) is 11.5 Å². The van der Waals surface area contributed by atoms with Crippen LogP contribution in [0.25, 0.3) is 6.08 Å². The van der Waals surface area contributed by atoms with Gasteiger partial charge in [0.25, 0.3) is 5.91 Å². The largest absolute Gasteiger partial charge is 0.457 e. The van der Waals surface area contributed by atoms with Crippen molar-refractivity contribution in [2.75, 3.05) is 5.32 Å². The molecule has 7 heteroatoms. The molecule has 0 radical (unpaired) electrons. The van der Waals surface area contributed by atoms with Gasteiger partial charge >= 0.3 is 5.97 Å². The van der Waals surface area contributed by atoms with Crippen LogP contribution in [0.1, 0.15) is 12.7 Å². The molecule has 148 valence electrons. The summed E-state index contributed by atoms with van der Waals surface area (Å²) in [5.41, 5.74) is 0.564. The monoisotopic (exact) mass is 455 g/mol. The Labute approximate surface area is 176 Å². The van der Waals surface area contributed by atoms with Crippen molar-refractivity contribution in [2.45, 2.75) is 13.0 Å². The lowest BCUT2D eigenvalue weighted by Crippen LogP contribution is -2.29. The summed E-state index contributed by atoms with van der Waals surface area (Å²) in [4.78, 5) is 24.1. The van der Waals surface area contributed by atoms with E-state index in [9.17, 15) is 9.59 Å². The third kappa shape index (κ3) is 6.36. The maximum Gasteiger partial charge on any atom is 0.331 e. The number of hydrogen-bond donors (Lipinski definition) is 1. The number of amides is 1. The van der Waals surface area contributed by atoms with E-state index < -0.39 is 18.0 Å². The maximum absolute atomic E-state index is 12.2. The standard InChI is InChI=1S/C22H18BrNO5/c1-15(27-21(25)14-12-19-11-13-20(23)29-19)22(26)24-16-7-9-18(10-8-16)28-17-5-3-2-4-6-17/h2-15H,1H3,(H,24,26). The molecule has 0 fully saturated rings. The normalized spacial score (nSPS) is 11.8. The van der Waals surface area contributed by atoms with E-state index >= 15 is 0 Å². The summed E-state index contributed by atoms with van der Waals surface area (Å²) in [6.07, 6.45) is 1.70. The minimum atomic E-state index is -0.962. The van der Waals surface area contributed by atoms with Gasteiger partial charge in [-0.05, 0) is 77.5 Å². The van der Waals surface area contributed by atoms with Crippen molar-refractivity contribution in [3.05, 3.63) is 83.2 Å². The van der Waals surface area contributed by atoms with Gasteiger partial charge in [-0.2, -0.15) is 0 Å². The van der Waals surface area contributed by atoms with Crippen LogP contribution in [-0.4, -0.2) is 18.0 Å². The van der Waals surface area contributed by atoms with Crippen LogP contribution in [0.4, 0.5) is 5.69 Å². The number of carbonyl (C=O) groups excluding carboxylic acids is 2. The first-order valence-electron chi connectivity index (χ1n) is 8.77. The molecule has 1 heterocycles. The topological polar surface area (TPSA) is 77.8 Å². The van der Waals surface area contributed by atoms with Crippen LogP contribution >= 0.6 is 15.9 Å². The molecule has 0 bridgehead atoms. The maximum atomic E-state index is 12.2. The van der Waals surface area contributed by atoms with Crippen molar-refractivity contribution in [3.8, 4) is 11.5 Å². The molecule has 6 nitrogen and oxygen atoms in total. The second-order valence-corrected chi connectivity index (χ2v) is 6.76. The molecule has 0 saturated heterocycles. The highest BCUT2D eigenvalue weighted by atomic mass is 79.9. The van der Waals surface area contributed by atoms with Gasteiger partial charge in [-0.25, -0.2) is 4.79 Å². The number of ether oxygens (including phenoxy) is 2. The minimum Gasteiger partial charge on any atom is -0.457 e. The fourth-order valence-corrected chi connectivity index (χ4v) is 2.63. The third-order valence-electron chi connectivity index (χ3n) is 3.74. The number of benzene rings is 2. The molecule has 0 aliphatic heterocycles. The fourth-order valence-electron chi connectivity index (χ4n) is 2.31. The molecule has 3 rings (SSSR count). The summed E-state index contributed by atoms with van der Waals surface area (Å²) < 4.78 is 16.6. The Morgan fingerprint density at radius 1 is 1.00 bits per heavy atom. The molecule has 1 N–H and O–H groups in total. The van der Waals surface area contributed by atoms with Gasteiger partial charge in [0, 0.05) is 11.8 Å². The molecule has 1 amide bonds. The molecule has 0 saturated carbocycles. The van der Waals surface area contributed by atoms with E-state index in [0.717, 1.165) is 5.75 Å². The number of para-hydroxylation sites is 1. The van der Waals surface area contributed by atoms with Crippen LogP contribution in [0, 0.1) is 0 Å². The first-order chi connectivity index (χ1) is 14.0. The van der Waals surface area contributed by atoms with Gasteiger partial charge in [-0.1, -0.05) is 18.2 Å². The molecular weight excluding hydrogens is 438 g/mol. The number of carbonyl (C=O) groups is 2. The van der Waals surface area contributed by atoms with Crippen LogP contribution in [0.15, 0.2) is 81.9 Å². The van der Waals surface area contributed by atoms with E-state index in [2.05, 4.69) is 21.2 Å².